The molecule has 1 aromatic carbocycles. The molecule has 0 aliphatic carbocycles. The van der Waals surface area contributed by atoms with Crippen LogP contribution in [0.2, 0.25) is 0 Å². The number of ether oxygens (including phenoxy) is 1. The Morgan fingerprint density at radius 3 is 2.19 bits per heavy atom. The summed E-state index contributed by atoms with van der Waals surface area (Å²) in [6.07, 6.45) is -0.551. The van der Waals surface area contributed by atoms with Gasteiger partial charge in [-0.2, -0.15) is 13.2 Å². The molecule has 0 saturated carbocycles. The first kappa shape index (κ1) is 22.0. The van der Waals surface area contributed by atoms with E-state index in [0.717, 1.165) is 37.8 Å². The Balaban J connectivity index is 2.79. The molecule has 0 N–H and O–H groups in total. The summed E-state index contributed by atoms with van der Waals surface area (Å²) in [6.45, 7) is 4.69. The number of amides is 1. The number of carbonyl (C=O) groups excluding carboxylic acids is 2. The van der Waals surface area contributed by atoms with Crippen molar-refractivity contribution in [2.24, 2.45) is 0 Å². The zero-order valence-corrected chi connectivity index (χ0v) is 15.3. The zero-order valence-electron chi connectivity index (χ0n) is 15.3. The van der Waals surface area contributed by atoms with Crippen LogP contribution in [0.4, 0.5) is 13.2 Å². The Labute approximate surface area is 152 Å². The molecule has 0 unspecified atom stereocenters. The maximum absolute atomic E-state index is 12.7. The van der Waals surface area contributed by atoms with E-state index in [1.54, 1.807) is 6.92 Å². The van der Waals surface area contributed by atoms with E-state index < -0.39 is 17.7 Å². The molecule has 0 spiro atoms. The highest BCUT2D eigenvalue weighted by Gasteiger charge is 2.30. The first-order valence-electron chi connectivity index (χ1n) is 8.91. The van der Waals surface area contributed by atoms with Crippen molar-refractivity contribution >= 4 is 11.9 Å². The van der Waals surface area contributed by atoms with Crippen molar-refractivity contribution < 1.29 is 27.5 Å². The molecule has 0 aliphatic rings. The Bertz CT molecular complexity index is 570. The van der Waals surface area contributed by atoms with Crippen molar-refractivity contribution in [3.8, 4) is 0 Å². The van der Waals surface area contributed by atoms with Crippen molar-refractivity contribution in [3.05, 3.63) is 35.4 Å². The fourth-order valence-electron chi connectivity index (χ4n) is 2.49. The first-order valence-corrected chi connectivity index (χ1v) is 8.91. The quantitative estimate of drug-likeness (QED) is 0.442. The van der Waals surface area contributed by atoms with Crippen LogP contribution in [0.15, 0.2) is 24.3 Å². The first-order chi connectivity index (χ1) is 12.3. The van der Waals surface area contributed by atoms with Gasteiger partial charge in [0.25, 0.3) is 5.91 Å². The van der Waals surface area contributed by atoms with Gasteiger partial charge in [0.15, 0.2) is 0 Å². The molecule has 1 aromatic rings. The average Bonchev–Trinajstić information content (AvgIpc) is 2.60. The molecule has 0 bridgehead atoms. The van der Waals surface area contributed by atoms with Crippen LogP contribution in [0.5, 0.6) is 0 Å². The standard InChI is InChI=1S/C19H26F3NO3/c1-3-5-6-7-13-23(14-12-17(24)26-4-2)18(25)15-8-10-16(11-9-15)19(20,21)22/h8-11H,3-7,12-14H2,1-2H3. The van der Waals surface area contributed by atoms with E-state index >= 15 is 0 Å². The summed E-state index contributed by atoms with van der Waals surface area (Å²) in [7, 11) is 0. The third kappa shape index (κ3) is 7.45. The van der Waals surface area contributed by atoms with Gasteiger partial charge in [-0.05, 0) is 37.6 Å². The number of rotatable bonds is 10. The van der Waals surface area contributed by atoms with E-state index in [1.807, 2.05) is 0 Å². The highest BCUT2D eigenvalue weighted by molar-refractivity contribution is 5.94. The van der Waals surface area contributed by atoms with Gasteiger partial charge in [-0.25, -0.2) is 0 Å². The summed E-state index contributed by atoms with van der Waals surface area (Å²) in [6, 6.07) is 4.14. The average molecular weight is 373 g/mol. The van der Waals surface area contributed by atoms with Gasteiger partial charge in [-0.15, -0.1) is 0 Å². The molecule has 0 aromatic heterocycles. The molecule has 1 rings (SSSR count). The van der Waals surface area contributed by atoms with Gasteiger partial charge in [-0.3, -0.25) is 9.59 Å². The molecular formula is C19H26F3NO3. The number of carbonyl (C=O) groups is 2. The molecule has 0 atom stereocenters. The smallest absolute Gasteiger partial charge is 0.416 e. The van der Waals surface area contributed by atoms with E-state index in [0.29, 0.717) is 6.54 Å². The van der Waals surface area contributed by atoms with Crippen LogP contribution in [0.1, 0.15) is 61.9 Å². The molecule has 146 valence electrons. The van der Waals surface area contributed by atoms with Crippen molar-refractivity contribution in [1.82, 2.24) is 4.90 Å². The Hall–Kier alpha value is -2.05. The van der Waals surface area contributed by atoms with Gasteiger partial charge < -0.3 is 9.64 Å². The van der Waals surface area contributed by atoms with E-state index in [2.05, 4.69) is 6.92 Å². The van der Waals surface area contributed by atoms with E-state index in [1.165, 1.54) is 17.0 Å². The summed E-state index contributed by atoms with van der Waals surface area (Å²) in [5.74, 6) is -0.772. The van der Waals surface area contributed by atoms with Crippen LogP contribution in [-0.4, -0.2) is 36.5 Å². The van der Waals surface area contributed by atoms with E-state index in [9.17, 15) is 22.8 Å². The van der Waals surface area contributed by atoms with Crippen LogP contribution < -0.4 is 0 Å². The predicted octanol–water partition coefficient (Wildman–Crippen LogP) is 4.68. The third-order valence-corrected chi connectivity index (χ3v) is 3.92. The lowest BCUT2D eigenvalue weighted by atomic mass is 10.1. The number of hydrogen-bond donors (Lipinski definition) is 0. The summed E-state index contributed by atoms with van der Waals surface area (Å²) >= 11 is 0. The highest BCUT2D eigenvalue weighted by Crippen LogP contribution is 2.29. The largest absolute Gasteiger partial charge is 0.466 e. The normalized spacial score (nSPS) is 11.3. The number of alkyl halides is 3. The van der Waals surface area contributed by atoms with Gasteiger partial charge in [0.2, 0.25) is 0 Å². The fourth-order valence-corrected chi connectivity index (χ4v) is 2.49. The summed E-state index contributed by atoms with van der Waals surface area (Å²) in [5, 5.41) is 0. The molecule has 1 amide bonds. The lowest BCUT2D eigenvalue weighted by Gasteiger charge is -2.22. The predicted molar refractivity (Wildman–Crippen MR) is 92.7 cm³/mol. The van der Waals surface area contributed by atoms with Gasteiger partial charge in [0.05, 0.1) is 18.6 Å². The maximum Gasteiger partial charge on any atom is 0.416 e. The van der Waals surface area contributed by atoms with E-state index in [4.69, 9.17) is 4.74 Å². The second-order valence-corrected chi connectivity index (χ2v) is 5.98. The molecule has 7 heteroatoms. The van der Waals surface area contributed by atoms with Gasteiger partial charge >= 0.3 is 12.1 Å². The van der Waals surface area contributed by atoms with Crippen LogP contribution in [0.25, 0.3) is 0 Å². The SMILES string of the molecule is CCCCCCN(CCC(=O)OCC)C(=O)c1ccc(C(F)(F)F)cc1. The van der Waals surface area contributed by atoms with Crippen LogP contribution in [0.3, 0.4) is 0 Å². The van der Waals surface area contributed by atoms with Gasteiger partial charge in [-0.1, -0.05) is 26.2 Å². The minimum atomic E-state index is -4.44. The molecule has 0 radical (unpaired) electrons. The summed E-state index contributed by atoms with van der Waals surface area (Å²) < 4.78 is 42.8. The number of benzene rings is 1. The molecule has 26 heavy (non-hydrogen) atoms. The molecule has 0 saturated heterocycles. The minimum Gasteiger partial charge on any atom is -0.466 e. The molecule has 4 nitrogen and oxygen atoms in total. The van der Waals surface area contributed by atoms with Gasteiger partial charge in [0.1, 0.15) is 0 Å². The van der Waals surface area contributed by atoms with Crippen molar-refractivity contribution in [1.29, 1.82) is 0 Å². The number of halogens is 3. The van der Waals surface area contributed by atoms with Gasteiger partial charge in [0, 0.05) is 18.7 Å². The second-order valence-electron chi connectivity index (χ2n) is 5.98. The molecule has 0 aliphatic heterocycles. The Kier molecular flexibility index (Phi) is 9.16. The minimum absolute atomic E-state index is 0.0635. The second kappa shape index (κ2) is 10.8. The highest BCUT2D eigenvalue weighted by atomic mass is 19.4. The van der Waals surface area contributed by atoms with E-state index in [-0.39, 0.29) is 31.0 Å². The lowest BCUT2D eigenvalue weighted by molar-refractivity contribution is -0.143. The lowest BCUT2D eigenvalue weighted by Crippen LogP contribution is -2.34. The number of unbranched alkanes of at least 4 members (excludes halogenated alkanes) is 3. The third-order valence-electron chi connectivity index (χ3n) is 3.92. The van der Waals surface area contributed by atoms with Crippen LogP contribution in [-0.2, 0) is 15.7 Å². The topological polar surface area (TPSA) is 46.6 Å². The molecule has 0 heterocycles. The number of hydrogen-bond acceptors (Lipinski definition) is 3. The zero-order chi connectivity index (χ0) is 19.6. The molecule has 0 fully saturated rings. The fraction of sp³-hybridized carbons (Fsp3) is 0.579. The van der Waals surface area contributed by atoms with Crippen molar-refractivity contribution in [3.63, 3.8) is 0 Å². The summed E-state index contributed by atoms with van der Waals surface area (Å²) in [5.41, 5.74) is -0.618. The van der Waals surface area contributed by atoms with Crippen molar-refractivity contribution in [2.45, 2.75) is 52.1 Å². The number of esters is 1. The Morgan fingerprint density at radius 2 is 1.65 bits per heavy atom. The Morgan fingerprint density at radius 1 is 1.00 bits per heavy atom. The monoisotopic (exact) mass is 373 g/mol. The maximum atomic E-state index is 12.7. The van der Waals surface area contributed by atoms with Crippen LogP contribution in [0, 0.1) is 0 Å². The molecular weight excluding hydrogens is 347 g/mol. The summed E-state index contributed by atoms with van der Waals surface area (Å²) in [4.78, 5) is 25.7. The van der Waals surface area contributed by atoms with Crippen LogP contribution >= 0.6 is 0 Å². The number of nitrogens with zero attached hydrogens (tertiary/aromatic N) is 1. The van der Waals surface area contributed by atoms with Crippen molar-refractivity contribution in [2.75, 3.05) is 19.7 Å².